The Hall–Kier alpha value is -10.5. The van der Waals surface area contributed by atoms with E-state index < -0.39 is 250 Å². The van der Waals surface area contributed by atoms with Gasteiger partial charge in [-0.25, -0.2) is 0 Å². The summed E-state index contributed by atoms with van der Waals surface area (Å²) in [6, 6.07) is 6.58. The monoisotopic (exact) mass is 1640 g/mol. The number of hydrogen-bond donors (Lipinski definition) is 20. The van der Waals surface area contributed by atoms with E-state index in [0.717, 1.165) is 91.6 Å². The molecule has 0 aliphatic carbocycles. The Morgan fingerprint density at radius 3 is 1.94 bits per heavy atom. The molecular formula is C78H91Cl2N11O24. The zero-order valence-corrected chi connectivity index (χ0v) is 64.4. The number of unbranched alkanes of at least 4 members (excludes halogenated alkanes) is 1. The number of amides is 9. The summed E-state index contributed by atoms with van der Waals surface area (Å²) in [5.41, 5.74) is 9.58. The van der Waals surface area contributed by atoms with Crippen molar-refractivity contribution < 1.29 is 118 Å². The van der Waals surface area contributed by atoms with Crippen molar-refractivity contribution in [2.45, 2.75) is 182 Å². The third-order valence-electron chi connectivity index (χ3n) is 20.3. The molecule has 0 aromatic heterocycles. The molecule has 0 saturated carbocycles. The number of carbonyl (C=O) groups excluding carboxylic acids is 9. The van der Waals surface area contributed by atoms with Gasteiger partial charge in [0.2, 0.25) is 65.2 Å². The summed E-state index contributed by atoms with van der Waals surface area (Å²) in [6.07, 6.45) is -16.1. The number of rotatable bonds is 19. The number of benzene rings is 6. The molecule has 0 spiro atoms. The molecule has 22 N–H and O–H groups in total. The molecule has 616 valence electrons. The summed E-state index contributed by atoms with van der Waals surface area (Å²) < 4.78 is 38.6. The van der Waals surface area contributed by atoms with E-state index in [-0.39, 0.29) is 46.2 Å². The van der Waals surface area contributed by atoms with Gasteiger partial charge in [-0.05, 0) is 146 Å². The number of anilines is 1. The van der Waals surface area contributed by atoms with Gasteiger partial charge in [-0.15, -0.1) is 0 Å². The maximum Gasteiger partial charge on any atom is 0.248 e. The fourth-order valence-electron chi connectivity index (χ4n) is 14.1. The molecule has 7 heterocycles. The van der Waals surface area contributed by atoms with Crippen LogP contribution in [0.1, 0.15) is 130 Å². The Morgan fingerprint density at radius 2 is 1.33 bits per heavy atom. The second-order valence-electron chi connectivity index (χ2n) is 29.4. The molecule has 7 aliphatic rings. The van der Waals surface area contributed by atoms with Crippen molar-refractivity contribution in [1.29, 1.82) is 0 Å². The first-order valence-corrected chi connectivity index (χ1v) is 37.7. The van der Waals surface area contributed by atoms with Crippen LogP contribution in [0.2, 0.25) is 10.0 Å². The van der Waals surface area contributed by atoms with Gasteiger partial charge < -0.3 is 134 Å². The van der Waals surface area contributed by atoms with Gasteiger partial charge in [0.05, 0.1) is 47.9 Å². The number of ether oxygens (including phenoxy) is 6. The van der Waals surface area contributed by atoms with Crippen LogP contribution >= 0.6 is 23.2 Å². The van der Waals surface area contributed by atoms with Crippen LogP contribution in [0, 0.1) is 5.92 Å². The van der Waals surface area contributed by atoms with Crippen LogP contribution in [0.25, 0.3) is 11.1 Å². The highest BCUT2D eigenvalue weighted by molar-refractivity contribution is 6.32. The van der Waals surface area contributed by atoms with E-state index in [0.29, 0.717) is 5.69 Å². The lowest BCUT2D eigenvalue weighted by Crippen LogP contribution is -2.64. The molecule has 6 aromatic carbocycles. The number of aliphatic hydroxyl groups is 6. The number of halogens is 2. The lowest BCUT2D eigenvalue weighted by atomic mass is 9.86. The lowest BCUT2D eigenvalue weighted by molar-refractivity contribution is -0.333. The Bertz CT molecular complexity index is 4690. The molecule has 2 fully saturated rings. The normalized spacial score (nSPS) is 27.2. The summed E-state index contributed by atoms with van der Waals surface area (Å²) in [5.74, 6) is -16.1. The Kier molecular flexibility index (Phi) is 26.8. The quantitative estimate of drug-likeness (QED) is 0.0552. The average Bonchev–Trinajstić information content (AvgIpc) is 0.788. The van der Waals surface area contributed by atoms with E-state index in [1.165, 1.54) is 33.0 Å². The van der Waals surface area contributed by atoms with Crippen molar-refractivity contribution in [1.82, 2.24) is 42.5 Å². The van der Waals surface area contributed by atoms with Gasteiger partial charge in [-0.3, -0.25) is 43.2 Å². The van der Waals surface area contributed by atoms with E-state index in [1.807, 2.05) is 32.9 Å². The van der Waals surface area contributed by atoms with Gasteiger partial charge in [0, 0.05) is 34.8 Å². The first kappa shape index (κ1) is 85.4. The molecule has 7 aliphatic heterocycles. The highest BCUT2D eigenvalue weighted by atomic mass is 35.5. The van der Waals surface area contributed by atoms with Crippen molar-refractivity contribution >= 4 is 82.1 Å². The molecule has 18 atom stereocenters. The van der Waals surface area contributed by atoms with Gasteiger partial charge in [-0.1, -0.05) is 80.7 Å². The molecule has 11 bridgehead atoms. The maximum absolute atomic E-state index is 16.3. The van der Waals surface area contributed by atoms with Crippen LogP contribution < -0.4 is 73.5 Å². The summed E-state index contributed by atoms with van der Waals surface area (Å²) in [7, 11) is 1.47. The fraction of sp³-hybridized carbons (Fsp3) is 0.423. The first-order chi connectivity index (χ1) is 54.5. The van der Waals surface area contributed by atoms with Gasteiger partial charge in [0.1, 0.15) is 95.5 Å². The minimum Gasteiger partial charge on any atom is -0.508 e. The average molecular weight is 1640 g/mol. The minimum atomic E-state index is -2.37. The summed E-state index contributed by atoms with van der Waals surface area (Å²) in [4.78, 5) is 134. The van der Waals surface area contributed by atoms with E-state index >= 15 is 19.2 Å². The van der Waals surface area contributed by atoms with Gasteiger partial charge >= 0.3 is 0 Å². The van der Waals surface area contributed by atoms with E-state index in [1.54, 1.807) is 12.1 Å². The molecule has 35 nitrogen and oxygen atoms in total. The second-order valence-corrected chi connectivity index (χ2v) is 30.3. The largest absolute Gasteiger partial charge is 0.508 e. The lowest BCUT2D eigenvalue weighted by Gasteiger charge is -2.47. The van der Waals surface area contributed by atoms with E-state index in [2.05, 4.69) is 47.9 Å². The number of likely N-dealkylation sites (N-methyl/N-ethyl adjacent to an activating group) is 1. The van der Waals surface area contributed by atoms with Crippen LogP contribution in [-0.4, -0.2) is 198 Å². The summed E-state index contributed by atoms with van der Waals surface area (Å²) in [5, 5.41) is 127. The van der Waals surface area contributed by atoms with Crippen molar-refractivity contribution in [3.05, 3.63) is 147 Å². The number of primary amides is 1. The highest BCUT2D eigenvalue weighted by Gasteiger charge is 2.52. The Morgan fingerprint density at radius 1 is 0.704 bits per heavy atom. The van der Waals surface area contributed by atoms with Gasteiger partial charge in [0.25, 0.3) is 0 Å². The smallest absolute Gasteiger partial charge is 0.248 e. The van der Waals surface area contributed by atoms with Crippen LogP contribution in [0.15, 0.2) is 103 Å². The van der Waals surface area contributed by atoms with Crippen molar-refractivity contribution in [3.8, 4) is 57.1 Å². The number of hydrogen-bond acceptors (Lipinski definition) is 26. The fourth-order valence-corrected chi connectivity index (χ4v) is 14.6. The van der Waals surface area contributed by atoms with E-state index in [4.69, 9.17) is 63.1 Å². The Labute approximate surface area is 668 Å². The third kappa shape index (κ3) is 19.4. The van der Waals surface area contributed by atoms with Crippen molar-refractivity contribution in [2.24, 2.45) is 17.4 Å². The van der Waals surface area contributed by atoms with Crippen LogP contribution in [0.4, 0.5) is 5.69 Å². The molecule has 37 heteroatoms. The third-order valence-corrected chi connectivity index (χ3v) is 20.9. The number of aliphatic hydroxyl groups excluding tert-OH is 6. The molecule has 18 unspecified atom stereocenters. The molecule has 0 radical (unpaired) electrons. The summed E-state index contributed by atoms with van der Waals surface area (Å²) in [6.45, 7) is 6.93. The molecule has 2 saturated heterocycles. The topological polar surface area (TPSA) is 551 Å². The minimum absolute atomic E-state index is 0.107. The number of fused-ring (bicyclic) bond motifs is 15. The molecule has 13 rings (SSSR count). The maximum atomic E-state index is 16.3. The zero-order chi connectivity index (χ0) is 83.3. The van der Waals surface area contributed by atoms with Gasteiger partial charge in [-0.2, -0.15) is 0 Å². The number of phenols is 3. The molecular weight excluding hydrogens is 1550 g/mol. The van der Waals surface area contributed by atoms with E-state index in [9.17, 15) is 69.9 Å². The number of nitrogens with one attached hydrogen (secondary N) is 9. The number of aromatic hydroxyl groups is 3. The predicted octanol–water partition coefficient (Wildman–Crippen LogP) is 2.12. The highest BCUT2D eigenvalue weighted by Crippen LogP contribution is 2.50. The Balaban J connectivity index is 1.11. The van der Waals surface area contributed by atoms with Crippen molar-refractivity contribution in [3.63, 3.8) is 0 Å². The molecule has 9 amide bonds. The van der Waals surface area contributed by atoms with Gasteiger partial charge in [0.15, 0.2) is 23.9 Å². The predicted molar refractivity (Wildman–Crippen MR) is 408 cm³/mol. The molecule has 6 aromatic rings. The van der Waals surface area contributed by atoms with Crippen molar-refractivity contribution in [2.75, 3.05) is 25.5 Å². The number of nitrogens with two attached hydrogens (primary N) is 2. The first-order valence-electron chi connectivity index (χ1n) is 36.9. The second kappa shape index (κ2) is 36.1. The standard InChI is InChI=1S/C78H91Cl2N11O24/c1-7-8-9-34-10-15-39(16-11-34)85-55(97)30-84-72(105)60-42-26-40(93)27-48(95)57(42)41-21-35(12-17-47(41)94)58-73(106)91-62(76(109)89-60)64(99)37-14-19-50(44(80)23-37)112-52-25-38-24-51(67(52)115-77-68(66(101)65(100)53(31-92)113-77)114-56-29-78(5,82)69(102)33(4)110-56)111-49-18-13-36(22-43(49)79)63(98)61(90-70(103)45(83-6)20-32(2)3)75(108)86-46(28-54(81)96)71(104)87-59(38)74(107)88-58/h10-19,21-27,32-33,45-46,53,56,58-66,68-69,77,83,92-95,98-102H,7-9,20,28-31,82H2,1-6H3,(H2,81,96)(H,84,105)(H,85,97)(H,86,108)(H,87,104)(H,88,107)(H,89,109)(H,90,103)(H,91,106). The van der Waals surface area contributed by atoms with Crippen LogP contribution in [0.3, 0.4) is 0 Å². The van der Waals surface area contributed by atoms with Crippen LogP contribution in [-0.2, 0) is 63.8 Å². The number of carbonyl (C=O) groups is 9. The number of phenolic OH excluding ortho intramolecular Hbond substituents is 3. The number of aryl methyl sites for hydroxylation is 1. The van der Waals surface area contributed by atoms with Crippen LogP contribution in [0.5, 0.6) is 46.0 Å². The molecule has 115 heavy (non-hydrogen) atoms. The zero-order valence-electron chi connectivity index (χ0n) is 62.9. The summed E-state index contributed by atoms with van der Waals surface area (Å²) >= 11 is 14.3. The SMILES string of the molecule is CCCCc1ccc(NC(=O)CNC(=O)C2NC(=O)C3NC(=O)C(NC(=O)C4NC(=O)C(CC(N)=O)NC(=O)C(NC(=O)C(CC(C)C)NC)C(O)c5ccc(c(Cl)c5)Oc5cc4cc(c5OC4OC(CO)C(O)C(O)C4OC4CC(C)(N)C(O)C(C)O4)Oc4ccc(cc4Cl)C3O)c3ccc(O)c(c3)-c3c(O)cc(O)cc32)cc1.